The molecule has 0 radical (unpaired) electrons. The van der Waals surface area contributed by atoms with Crippen molar-refractivity contribution in [3.8, 4) is 0 Å². The molecule has 0 spiro atoms. The van der Waals surface area contributed by atoms with E-state index in [4.69, 9.17) is 10.8 Å². The van der Waals surface area contributed by atoms with Crippen molar-refractivity contribution in [1.29, 1.82) is 0 Å². The van der Waals surface area contributed by atoms with Gasteiger partial charge in [-0.15, -0.1) is 0 Å². The maximum atomic E-state index is 12.0. The van der Waals surface area contributed by atoms with Gasteiger partial charge in [0.25, 0.3) is 5.91 Å². The van der Waals surface area contributed by atoms with E-state index in [2.05, 4.69) is 10.3 Å². The lowest BCUT2D eigenvalue weighted by molar-refractivity contribution is -0.141. The largest absolute Gasteiger partial charge is 0.481 e. The Labute approximate surface area is 111 Å². The number of amides is 1. The molecule has 4 N–H and O–H groups in total. The Bertz CT molecular complexity index is 490. The van der Waals surface area contributed by atoms with E-state index in [9.17, 15) is 9.59 Å². The molecule has 2 unspecified atom stereocenters. The molecular weight excluding hydrogens is 246 g/mol. The number of pyridine rings is 1. The Morgan fingerprint density at radius 3 is 2.89 bits per heavy atom. The Hall–Kier alpha value is -1.95. The van der Waals surface area contributed by atoms with E-state index >= 15 is 0 Å². The summed E-state index contributed by atoms with van der Waals surface area (Å²) in [5, 5.41) is 11.8. The third-order valence-corrected chi connectivity index (χ3v) is 3.40. The number of carboxylic acid groups (broad SMARTS) is 1. The first kappa shape index (κ1) is 13.5. The highest BCUT2D eigenvalue weighted by Gasteiger charge is 2.30. The van der Waals surface area contributed by atoms with Gasteiger partial charge < -0.3 is 16.2 Å². The molecule has 0 bridgehead atoms. The number of hydrogen-bond donors (Lipinski definition) is 3. The number of aliphatic carboxylic acids is 1. The van der Waals surface area contributed by atoms with Crippen molar-refractivity contribution in [1.82, 2.24) is 10.3 Å². The van der Waals surface area contributed by atoms with Crippen LogP contribution in [0.2, 0.25) is 0 Å². The second-order valence-electron chi connectivity index (χ2n) is 4.76. The third-order valence-electron chi connectivity index (χ3n) is 3.40. The monoisotopic (exact) mass is 263 g/mol. The molecule has 2 atom stereocenters. The van der Waals surface area contributed by atoms with Crippen molar-refractivity contribution < 1.29 is 14.7 Å². The van der Waals surface area contributed by atoms with Crippen LogP contribution in [-0.4, -0.2) is 28.0 Å². The second kappa shape index (κ2) is 5.79. The van der Waals surface area contributed by atoms with Crippen molar-refractivity contribution in [2.24, 2.45) is 11.7 Å². The molecule has 0 aromatic carbocycles. The molecule has 1 fully saturated rings. The summed E-state index contributed by atoms with van der Waals surface area (Å²) in [4.78, 5) is 26.9. The third kappa shape index (κ3) is 3.29. The number of carbonyl (C=O) groups is 2. The van der Waals surface area contributed by atoms with Crippen LogP contribution in [-0.2, 0) is 11.3 Å². The highest BCUT2D eigenvalue weighted by molar-refractivity contribution is 5.94. The van der Waals surface area contributed by atoms with E-state index in [1.807, 2.05) is 0 Å². The van der Waals surface area contributed by atoms with E-state index in [1.165, 1.54) is 0 Å². The van der Waals surface area contributed by atoms with Gasteiger partial charge >= 0.3 is 5.97 Å². The molecule has 0 saturated heterocycles. The van der Waals surface area contributed by atoms with Crippen molar-refractivity contribution in [2.45, 2.75) is 31.8 Å². The average molecular weight is 263 g/mol. The summed E-state index contributed by atoms with van der Waals surface area (Å²) in [5.74, 6) is -1.33. The van der Waals surface area contributed by atoms with Gasteiger partial charge in [-0.25, -0.2) is 0 Å². The first-order valence-corrected chi connectivity index (χ1v) is 6.29. The van der Waals surface area contributed by atoms with Gasteiger partial charge in [0, 0.05) is 24.3 Å². The number of rotatable bonds is 4. The lowest BCUT2D eigenvalue weighted by Crippen LogP contribution is -2.33. The molecule has 6 heteroatoms. The van der Waals surface area contributed by atoms with Crippen molar-refractivity contribution >= 4 is 11.9 Å². The molecule has 1 amide bonds. The Morgan fingerprint density at radius 2 is 2.26 bits per heavy atom. The van der Waals surface area contributed by atoms with Gasteiger partial charge in [-0.3, -0.25) is 14.6 Å². The number of carboxylic acids is 1. The summed E-state index contributed by atoms with van der Waals surface area (Å²) >= 11 is 0. The fourth-order valence-electron chi connectivity index (χ4n) is 2.34. The zero-order chi connectivity index (χ0) is 13.8. The zero-order valence-corrected chi connectivity index (χ0v) is 10.5. The first-order chi connectivity index (χ1) is 9.10. The summed E-state index contributed by atoms with van der Waals surface area (Å²) in [6.45, 7) is 0.283. The summed E-state index contributed by atoms with van der Waals surface area (Å²) in [5.41, 5.74) is 6.64. The van der Waals surface area contributed by atoms with E-state index in [0.717, 1.165) is 0 Å². The number of nitrogens with zero attached hydrogens (tertiary/aromatic N) is 1. The standard InChI is InChI=1S/C13H17N3O3/c14-7-11-5-8(3-4-15-11)12(17)16-10-2-1-9(6-10)13(18)19/h3-5,9-10H,1-2,6-7,14H2,(H,16,17)(H,18,19). The Kier molecular flexibility index (Phi) is 4.11. The minimum absolute atomic E-state index is 0.0666. The fraction of sp³-hybridized carbons (Fsp3) is 0.462. The maximum Gasteiger partial charge on any atom is 0.306 e. The molecule has 1 heterocycles. The van der Waals surface area contributed by atoms with Crippen molar-refractivity contribution in [3.05, 3.63) is 29.6 Å². The lowest BCUT2D eigenvalue weighted by Gasteiger charge is -2.12. The van der Waals surface area contributed by atoms with Gasteiger partial charge in [-0.1, -0.05) is 0 Å². The number of nitrogens with one attached hydrogen (secondary N) is 1. The van der Waals surface area contributed by atoms with E-state index in [0.29, 0.717) is 30.5 Å². The SMILES string of the molecule is NCc1cc(C(=O)NC2CCC(C(=O)O)C2)ccn1. The average Bonchev–Trinajstić information content (AvgIpc) is 2.87. The fourth-order valence-corrected chi connectivity index (χ4v) is 2.34. The number of nitrogens with two attached hydrogens (primary N) is 1. The van der Waals surface area contributed by atoms with Gasteiger partial charge in [0.15, 0.2) is 0 Å². The molecular formula is C13H17N3O3. The normalized spacial score (nSPS) is 22.2. The van der Waals surface area contributed by atoms with Crippen molar-refractivity contribution in [3.63, 3.8) is 0 Å². The highest BCUT2D eigenvalue weighted by atomic mass is 16.4. The molecule has 19 heavy (non-hydrogen) atoms. The zero-order valence-electron chi connectivity index (χ0n) is 10.5. The molecule has 1 aliphatic carbocycles. The molecule has 1 aromatic heterocycles. The minimum Gasteiger partial charge on any atom is -0.481 e. The molecule has 0 aliphatic heterocycles. The smallest absolute Gasteiger partial charge is 0.306 e. The Balaban J connectivity index is 1.96. The molecule has 102 valence electrons. The van der Waals surface area contributed by atoms with Crippen LogP contribution < -0.4 is 11.1 Å². The maximum absolute atomic E-state index is 12.0. The van der Waals surface area contributed by atoms with Crippen LogP contribution in [0.1, 0.15) is 35.3 Å². The number of hydrogen-bond acceptors (Lipinski definition) is 4. The van der Waals surface area contributed by atoms with Gasteiger partial charge in [0.05, 0.1) is 11.6 Å². The molecule has 6 nitrogen and oxygen atoms in total. The topological polar surface area (TPSA) is 105 Å². The molecule has 1 saturated carbocycles. The summed E-state index contributed by atoms with van der Waals surface area (Å²) in [7, 11) is 0. The van der Waals surface area contributed by atoms with Gasteiger partial charge in [0.1, 0.15) is 0 Å². The van der Waals surface area contributed by atoms with Crippen LogP contribution in [0.4, 0.5) is 0 Å². The van der Waals surface area contributed by atoms with Crippen molar-refractivity contribution in [2.75, 3.05) is 0 Å². The summed E-state index contributed by atoms with van der Waals surface area (Å²) in [6.07, 6.45) is 3.37. The van der Waals surface area contributed by atoms with Crippen LogP contribution in [0.15, 0.2) is 18.3 Å². The minimum atomic E-state index is -0.786. The van der Waals surface area contributed by atoms with Crippen LogP contribution in [0.25, 0.3) is 0 Å². The van der Waals surface area contributed by atoms with Crippen LogP contribution >= 0.6 is 0 Å². The molecule has 1 aromatic rings. The molecule has 2 rings (SSSR count). The van der Waals surface area contributed by atoms with E-state index in [-0.39, 0.29) is 24.4 Å². The number of aromatic nitrogens is 1. The van der Waals surface area contributed by atoms with Crippen LogP contribution in [0.5, 0.6) is 0 Å². The summed E-state index contributed by atoms with van der Waals surface area (Å²) < 4.78 is 0. The first-order valence-electron chi connectivity index (χ1n) is 6.29. The Morgan fingerprint density at radius 1 is 1.47 bits per heavy atom. The van der Waals surface area contributed by atoms with Gasteiger partial charge in [-0.2, -0.15) is 0 Å². The van der Waals surface area contributed by atoms with Gasteiger partial charge in [-0.05, 0) is 31.4 Å². The van der Waals surface area contributed by atoms with E-state index < -0.39 is 5.97 Å². The lowest BCUT2D eigenvalue weighted by atomic mass is 10.1. The van der Waals surface area contributed by atoms with E-state index in [1.54, 1.807) is 18.3 Å². The quantitative estimate of drug-likeness (QED) is 0.734. The van der Waals surface area contributed by atoms with Crippen LogP contribution in [0, 0.1) is 5.92 Å². The van der Waals surface area contributed by atoms with Crippen LogP contribution in [0.3, 0.4) is 0 Å². The molecule has 1 aliphatic rings. The second-order valence-corrected chi connectivity index (χ2v) is 4.76. The highest BCUT2D eigenvalue weighted by Crippen LogP contribution is 2.25. The van der Waals surface area contributed by atoms with Gasteiger partial charge in [0.2, 0.25) is 0 Å². The summed E-state index contributed by atoms with van der Waals surface area (Å²) in [6, 6.07) is 3.21. The number of carbonyl (C=O) groups excluding carboxylic acids is 1. The predicted octanol–water partition coefficient (Wildman–Crippen LogP) is 0.523. The predicted molar refractivity (Wildman–Crippen MR) is 68.4 cm³/mol.